The molecule has 0 radical (unpaired) electrons. The molecule has 1 aromatic heterocycles. The number of hydrogen-bond donors (Lipinski definition) is 6. The Morgan fingerprint density at radius 1 is 1.02 bits per heavy atom. The van der Waals surface area contributed by atoms with Crippen LogP contribution in [-0.4, -0.2) is 127 Å². The van der Waals surface area contributed by atoms with Gasteiger partial charge in [0, 0.05) is 30.8 Å². The van der Waals surface area contributed by atoms with Crippen molar-refractivity contribution in [3.05, 3.63) is 52.2 Å². The molecule has 1 aromatic carbocycles. The molecule has 55 heavy (non-hydrogen) atoms. The maximum Gasteiger partial charge on any atom is 0.242 e. The molecule has 14 nitrogen and oxygen atoms in total. The minimum atomic E-state index is -3.62. The number of likely N-dealkylation sites (tertiary alicyclic amines) is 1. The molecule has 3 aliphatic rings. The van der Waals surface area contributed by atoms with E-state index < -0.39 is 58.4 Å². The van der Waals surface area contributed by atoms with Crippen LogP contribution in [0.5, 0.6) is 5.88 Å². The van der Waals surface area contributed by atoms with Gasteiger partial charge in [0.15, 0.2) is 28.7 Å². The van der Waals surface area contributed by atoms with Crippen molar-refractivity contribution in [3.63, 3.8) is 0 Å². The topological polar surface area (TPSA) is 212 Å². The molecule has 1 unspecified atom stereocenters. The standard InChI is InChI=1S/C41H58N4O10/c1-24(2)33-32(22-31-13-12-30(21-25(31)3)11-8-9-19-45-20-10-14-38(23-45)15-17-42-18-16-38)36(44-43-33)55-37-40(52,28(6)48)41(53,29(7)49)39(51,27(5)47)35(54-37)34(50)26(4)46/h8,11-13,21,24,34-35,37,42,50-53H,9-10,14-20,22-23H2,1-7H3,(H,43,44)/b11-8+/t34?,35-,37+,39-,40+,41+/m1/s1. The van der Waals surface area contributed by atoms with Crippen LogP contribution in [-0.2, 0) is 30.3 Å². The highest BCUT2D eigenvalue weighted by Gasteiger charge is 2.80. The van der Waals surface area contributed by atoms with E-state index in [1.54, 1.807) is 0 Å². The predicted molar refractivity (Wildman–Crippen MR) is 203 cm³/mol. The van der Waals surface area contributed by atoms with Crippen molar-refractivity contribution in [1.29, 1.82) is 0 Å². The van der Waals surface area contributed by atoms with Crippen LogP contribution < -0.4 is 10.1 Å². The second-order valence-electron chi connectivity index (χ2n) is 16.2. The number of aromatic nitrogens is 2. The molecule has 3 fully saturated rings. The summed E-state index contributed by atoms with van der Waals surface area (Å²) in [6, 6.07) is 6.08. The van der Waals surface area contributed by atoms with Crippen LogP contribution in [0.2, 0.25) is 0 Å². The second-order valence-corrected chi connectivity index (χ2v) is 16.2. The molecule has 0 amide bonds. The van der Waals surface area contributed by atoms with Gasteiger partial charge in [-0.15, -0.1) is 5.10 Å². The van der Waals surface area contributed by atoms with Crippen LogP contribution in [0.25, 0.3) is 6.08 Å². The third-order valence-electron chi connectivity index (χ3n) is 12.1. The van der Waals surface area contributed by atoms with Gasteiger partial charge in [-0.2, -0.15) is 0 Å². The summed E-state index contributed by atoms with van der Waals surface area (Å²) in [4.78, 5) is 54.4. The fourth-order valence-corrected chi connectivity index (χ4v) is 8.80. The number of aliphatic hydroxyl groups is 4. The smallest absolute Gasteiger partial charge is 0.242 e. The zero-order valence-electron chi connectivity index (χ0n) is 33.1. The first kappa shape index (κ1) is 42.5. The molecule has 3 saturated heterocycles. The number of aromatic amines is 1. The van der Waals surface area contributed by atoms with Crippen molar-refractivity contribution in [2.75, 3.05) is 32.7 Å². The number of nitrogens with zero attached hydrogens (tertiary/aromatic N) is 2. The lowest BCUT2D eigenvalue weighted by atomic mass is 9.60. The highest BCUT2D eigenvalue weighted by molar-refractivity contribution is 6.05. The summed E-state index contributed by atoms with van der Waals surface area (Å²) in [6.45, 7) is 14.7. The number of aliphatic hydroxyl groups excluding tert-OH is 1. The normalized spacial score (nSPS) is 29.1. The zero-order valence-corrected chi connectivity index (χ0v) is 33.1. The molecule has 6 N–H and O–H groups in total. The maximum absolute atomic E-state index is 13.3. The summed E-state index contributed by atoms with van der Waals surface area (Å²) in [5, 5.41) is 57.1. The van der Waals surface area contributed by atoms with Crippen molar-refractivity contribution in [1.82, 2.24) is 20.4 Å². The summed E-state index contributed by atoms with van der Waals surface area (Å²) < 4.78 is 11.8. The molecule has 302 valence electrons. The van der Waals surface area contributed by atoms with Gasteiger partial charge < -0.3 is 40.1 Å². The van der Waals surface area contributed by atoms with Crippen molar-refractivity contribution in [2.45, 2.75) is 128 Å². The molecule has 4 heterocycles. The van der Waals surface area contributed by atoms with Crippen LogP contribution >= 0.6 is 0 Å². The molecule has 0 aliphatic carbocycles. The lowest BCUT2D eigenvalue weighted by Gasteiger charge is -2.57. The molecular weight excluding hydrogens is 708 g/mol. The summed E-state index contributed by atoms with van der Waals surface area (Å²) in [7, 11) is 0. The van der Waals surface area contributed by atoms with E-state index in [4.69, 9.17) is 9.47 Å². The third kappa shape index (κ3) is 7.74. The Hall–Kier alpha value is -3.63. The van der Waals surface area contributed by atoms with Crippen molar-refractivity contribution in [2.24, 2.45) is 5.41 Å². The number of aryl methyl sites for hydroxylation is 1. The Bertz CT molecular complexity index is 1790. The minimum absolute atomic E-state index is 0.116. The Balaban J connectivity index is 1.40. The van der Waals surface area contributed by atoms with Gasteiger partial charge in [-0.05, 0) is 114 Å². The fraction of sp³-hybridized carbons (Fsp3) is 0.634. The predicted octanol–water partition coefficient (Wildman–Crippen LogP) is 2.32. The summed E-state index contributed by atoms with van der Waals surface area (Å²) in [6.07, 6.45) is 3.70. The van der Waals surface area contributed by atoms with E-state index in [0.717, 1.165) is 77.0 Å². The van der Waals surface area contributed by atoms with E-state index in [2.05, 4.69) is 38.6 Å². The largest absolute Gasteiger partial charge is 0.443 e. The van der Waals surface area contributed by atoms with Crippen LogP contribution in [0.1, 0.15) is 108 Å². The average Bonchev–Trinajstić information content (AvgIpc) is 3.53. The second kappa shape index (κ2) is 16.5. The first-order chi connectivity index (χ1) is 25.8. The van der Waals surface area contributed by atoms with E-state index >= 15 is 0 Å². The monoisotopic (exact) mass is 766 g/mol. The molecule has 6 atom stereocenters. The first-order valence-corrected chi connectivity index (χ1v) is 19.3. The number of piperidine rings is 2. The van der Waals surface area contributed by atoms with Crippen LogP contribution in [0.3, 0.4) is 0 Å². The summed E-state index contributed by atoms with van der Waals surface area (Å²) in [5.41, 5.74) is -5.93. The fourth-order valence-electron chi connectivity index (χ4n) is 8.80. The summed E-state index contributed by atoms with van der Waals surface area (Å²) in [5.74, 6) is -5.34. The Labute approximate surface area is 322 Å². The molecule has 5 rings (SSSR count). The van der Waals surface area contributed by atoms with E-state index in [0.29, 0.717) is 16.7 Å². The first-order valence-electron chi connectivity index (χ1n) is 19.3. The van der Waals surface area contributed by atoms with Crippen molar-refractivity contribution in [3.8, 4) is 5.88 Å². The highest BCUT2D eigenvalue weighted by atomic mass is 16.7. The zero-order chi connectivity index (χ0) is 40.5. The Morgan fingerprint density at radius 2 is 1.69 bits per heavy atom. The number of carbonyl (C=O) groups excluding carboxylic acids is 4. The van der Waals surface area contributed by atoms with Crippen LogP contribution in [0, 0.1) is 12.3 Å². The van der Waals surface area contributed by atoms with Gasteiger partial charge in [0.25, 0.3) is 0 Å². The minimum Gasteiger partial charge on any atom is -0.443 e. The van der Waals surface area contributed by atoms with Gasteiger partial charge >= 0.3 is 0 Å². The summed E-state index contributed by atoms with van der Waals surface area (Å²) >= 11 is 0. The van der Waals surface area contributed by atoms with Gasteiger partial charge in [-0.3, -0.25) is 24.3 Å². The maximum atomic E-state index is 13.3. The number of rotatable bonds is 14. The number of hydrogen-bond acceptors (Lipinski definition) is 13. The van der Waals surface area contributed by atoms with Gasteiger partial charge in [0.2, 0.25) is 23.4 Å². The van der Waals surface area contributed by atoms with Crippen LogP contribution in [0.4, 0.5) is 0 Å². The lowest BCUT2D eigenvalue weighted by Crippen LogP contribution is -2.87. The third-order valence-corrected chi connectivity index (χ3v) is 12.1. The highest BCUT2D eigenvalue weighted by Crippen LogP contribution is 2.48. The van der Waals surface area contributed by atoms with E-state index in [9.17, 15) is 39.6 Å². The lowest BCUT2D eigenvalue weighted by molar-refractivity contribution is -0.358. The number of ketones is 4. The molecule has 3 aliphatic heterocycles. The van der Waals surface area contributed by atoms with Gasteiger partial charge in [-0.25, -0.2) is 0 Å². The van der Waals surface area contributed by atoms with Gasteiger partial charge in [0.05, 0.1) is 0 Å². The van der Waals surface area contributed by atoms with Gasteiger partial charge in [-0.1, -0.05) is 44.2 Å². The van der Waals surface area contributed by atoms with E-state index in [1.165, 1.54) is 32.2 Å². The Morgan fingerprint density at radius 3 is 2.27 bits per heavy atom. The number of Topliss-reactive ketones (excluding diaryl/α,β-unsaturated/α-hetero) is 4. The molecule has 0 bridgehead atoms. The average molecular weight is 767 g/mol. The van der Waals surface area contributed by atoms with E-state index in [-0.39, 0.29) is 18.2 Å². The van der Waals surface area contributed by atoms with Crippen LogP contribution in [0.15, 0.2) is 24.3 Å². The number of nitrogens with one attached hydrogen (secondary N) is 2. The molecule has 2 aromatic rings. The molecule has 14 heteroatoms. The number of carbonyl (C=O) groups is 4. The van der Waals surface area contributed by atoms with E-state index in [1.807, 2.05) is 32.9 Å². The number of H-pyrrole nitrogens is 1. The van der Waals surface area contributed by atoms with Gasteiger partial charge in [0.1, 0.15) is 12.2 Å². The molecule has 0 saturated carbocycles. The molecular formula is C41H58N4O10. The number of ether oxygens (including phenoxy) is 2. The Kier molecular flexibility index (Phi) is 12.7. The quantitative estimate of drug-likeness (QED) is 0.163. The van der Waals surface area contributed by atoms with Crippen molar-refractivity contribution >= 4 is 29.2 Å². The van der Waals surface area contributed by atoms with Crippen molar-refractivity contribution < 1.29 is 49.1 Å². The SMILES string of the molecule is CC(=O)C(O)[C@H]1O[C@@H](Oc2n[nH]c(C(C)C)c2Cc2ccc(/C=C/CCN3CCCC4(CCNCC4)C3)cc2C)[C@@](O)(C(C)=O)[C@](O)(C(C)=O)[C@@]1(O)C(C)=O. The molecule has 1 spiro atoms. The number of benzene rings is 1.